The van der Waals surface area contributed by atoms with Gasteiger partial charge in [0.1, 0.15) is 11.4 Å². The van der Waals surface area contributed by atoms with E-state index < -0.39 is 11.7 Å². The van der Waals surface area contributed by atoms with Gasteiger partial charge in [-0.2, -0.15) is 0 Å². The molecule has 2 N–H and O–H groups in total. The summed E-state index contributed by atoms with van der Waals surface area (Å²) >= 11 is 0. The molecule has 100 valence electrons. The highest BCUT2D eigenvalue weighted by molar-refractivity contribution is 5.83. The molecule has 0 saturated heterocycles. The number of hydrogen-bond acceptors (Lipinski definition) is 4. The number of aliphatic hydroxyl groups is 1. The van der Waals surface area contributed by atoms with Crippen LogP contribution in [0.3, 0.4) is 0 Å². The molecule has 0 atom stereocenters. The number of nitrogens with one attached hydrogen (secondary N) is 1. The molecule has 0 aliphatic heterocycles. The van der Waals surface area contributed by atoms with E-state index in [9.17, 15) is 4.79 Å². The molecule has 1 heterocycles. The Morgan fingerprint density at radius 2 is 2.22 bits per heavy atom. The van der Waals surface area contributed by atoms with Crippen molar-refractivity contribution in [2.24, 2.45) is 0 Å². The third kappa shape index (κ3) is 5.63. The van der Waals surface area contributed by atoms with Crippen LogP contribution in [0.25, 0.3) is 0 Å². The van der Waals surface area contributed by atoms with Crippen LogP contribution >= 0.6 is 0 Å². The smallest absolute Gasteiger partial charge is 0.413 e. The zero-order valence-corrected chi connectivity index (χ0v) is 11.1. The first-order valence-electron chi connectivity index (χ1n) is 5.96. The van der Waals surface area contributed by atoms with E-state index in [0.29, 0.717) is 12.2 Å². The molecule has 0 radical (unpaired) electrons. The molecule has 18 heavy (non-hydrogen) atoms. The van der Waals surface area contributed by atoms with E-state index in [4.69, 9.17) is 9.84 Å². The van der Waals surface area contributed by atoms with Crippen molar-refractivity contribution in [3.05, 3.63) is 23.9 Å². The molecule has 0 bridgehead atoms. The number of aryl methyl sites for hydroxylation is 1. The zero-order chi connectivity index (χ0) is 13.6. The summed E-state index contributed by atoms with van der Waals surface area (Å²) < 4.78 is 5.13. The fourth-order valence-electron chi connectivity index (χ4n) is 1.39. The van der Waals surface area contributed by atoms with Gasteiger partial charge in [-0.1, -0.05) is 0 Å². The maximum Gasteiger partial charge on any atom is 0.413 e. The van der Waals surface area contributed by atoms with Crippen molar-refractivity contribution in [1.29, 1.82) is 0 Å². The second kappa shape index (κ2) is 6.35. The van der Waals surface area contributed by atoms with E-state index in [1.807, 2.05) is 6.07 Å². The van der Waals surface area contributed by atoms with Crippen LogP contribution in [0.15, 0.2) is 18.3 Å². The van der Waals surface area contributed by atoms with Crippen molar-refractivity contribution in [1.82, 2.24) is 4.98 Å². The third-order valence-electron chi connectivity index (χ3n) is 2.08. The van der Waals surface area contributed by atoms with E-state index in [-0.39, 0.29) is 6.61 Å². The number of carbonyl (C=O) groups excluding carboxylic acids is 1. The molecule has 0 aromatic carbocycles. The molecule has 0 aliphatic rings. The maximum atomic E-state index is 11.5. The van der Waals surface area contributed by atoms with Gasteiger partial charge in [-0.15, -0.1) is 0 Å². The molecule has 0 saturated carbocycles. The van der Waals surface area contributed by atoms with Crippen LogP contribution < -0.4 is 5.32 Å². The minimum Gasteiger partial charge on any atom is -0.444 e. The molecule has 0 spiro atoms. The first-order valence-corrected chi connectivity index (χ1v) is 5.96. The normalized spacial score (nSPS) is 11.1. The van der Waals surface area contributed by atoms with Crippen molar-refractivity contribution in [3.8, 4) is 0 Å². The number of nitrogens with zero attached hydrogens (tertiary/aromatic N) is 1. The molecule has 1 aromatic heterocycles. The molecular weight excluding hydrogens is 232 g/mol. The average molecular weight is 252 g/mol. The van der Waals surface area contributed by atoms with E-state index in [0.717, 1.165) is 12.0 Å². The third-order valence-corrected chi connectivity index (χ3v) is 2.08. The minimum absolute atomic E-state index is 0.150. The summed E-state index contributed by atoms with van der Waals surface area (Å²) in [5, 5.41) is 11.3. The van der Waals surface area contributed by atoms with Gasteiger partial charge in [-0.05, 0) is 51.3 Å². The molecule has 5 nitrogen and oxygen atoms in total. The minimum atomic E-state index is -0.529. The first-order chi connectivity index (χ1) is 8.40. The van der Waals surface area contributed by atoms with Gasteiger partial charge < -0.3 is 9.84 Å². The standard InChI is InChI=1S/C13H20N2O3/c1-13(2,3)18-12(17)15-11-9-10(5-4-8-16)6-7-14-11/h6-7,9,16H,4-5,8H2,1-3H3,(H,14,15,17). The Hall–Kier alpha value is -1.62. The summed E-state index contributed by atoms with van der Waals surface area (Å²) in [5.74, 6) is 0.458. The lowest BCUT2D eigenvalue weighted by Gasteiger charge is -2.19. The average Bonchev–Trinajstić information content (AvgIpc) is 2.24. The Morgan fingerprint density at radius 3 is 2.83 bits per heavy atom. The van der Waals surface area contributed by atoms with Crippen LogP contribution in [0.4, 0.5) is 10.6 Å². The summed E-state index contributed by atoms with van der Waals surface area (Å²) in [6.45, 7) is 5.56. The molecule has 0 unspecified atom stereocenters. The van der Waals surface area contributed by atoms with Gasteiger partial charge in [0.05, 0.1) is 0 Å². The predicted molar refractivity (Wildman–Crippen MR) is 69.5 cm³/mol. The molecule has 1 aromatic rings. The SMILES string of the molecule is CC(C)(C)OC(=O)Nc1cc(CCCO)ccn1. The monoisotopic (exact) mass is 252 g/mol. The number of ether oxygens (including phenoxy) is 1. The second-order valence-electron chi connectivity index (χ2n) is 5.00. The van der Waals surface area contributed by atoms with Crippen LogP contribution in [-0.4, -0.2) is 28.4 Å². The van der Waals surface area contributed by atoms with Crippen LogP contribution in [0.2, 0.25) is 0 Å². The van der Waals surface area contributed by atoms with E-state index >= 15 is 0 Å². The Balaban J connectivity index is 2.59. The van der Waals surface area contributed by atoms with Crippen molar-refractivity contribution in [3.63, 3.8) is 0 Å². The lowest BCUT2D eigenvalue weighted by Crippen LogP contribution is -2.27. The molecule has 0 aliphatic carbocycles. The number of rotatable bonds is 4. The molecule has 1 amide bonds. The maximum absolute atomic E-state index is 11.5. The molecular formula is C13H20N2O3. The number of aliphatic hydroxyl groups excluding tert-OH is 1. The number of pyridine rings is 1. The molecule has 1 rings (SSSR count). The Morgan fingerprint density at radius 1 is 1.50 bits per heavy atom. The zero-order valence-electron chi connectivity index (χ0n) is 11.1. The van der Waals surface area contributed by atoms with Crippen molar-refractivity contribution in [2.45, 2.75) is 39.2 Å². The van der Waals surface area contributed by atoms with Crippen LogP contribution in [0.1, 0.15) is 32.8 Å². The first kappa shape index (κ1) is 14.4. The van der Waals surface area contributed by atoms with Gasteiger partial charge in [-0.25, -0.2) is 9.78 Å². The van der Waals surface area contributed by atoms with Crippen molar-refractivity contribution >= 4 is 11.9 Å². The van der Waals surface area contributed by atoms with E-state index in [1.165, 1.54) is 0 Å². The second-order valence-corrected chi connectivity index (χ2v) is 5.00. The van der Waals surface area contributed by atoms with E-state index in [1.54, 1.807) is 33.0 Å². The predicted octanol–water partition coefficient (Wildman–Crippen LogP) is 2.35. The van der Waals surface area contributed by atoms with Gasteiger partial charge >= 0.3 is 6.09 Å². The number of anilines is 1. The highest BCUT2D eigenvalue weighted by atomic mass is 16.6. The summed E-state index contributed by atoms with van der Waals surface area (Å²) in [6.07, 6.45) is 2.55. The number of amides is 1. The fraction of sp³-hybridized carbons (Fsp3) is 0.538. The Labute approximate surface area is 107 Å². The van der Waals surface area contributed by atoms with Crippen molar-refractivity contribution < 1.29 is 14.6 Å². The molecule has 0 fully saturated rings. The van der Waals surface area contributed by atoms with Crippen LogP contribution in [0, 0.1) is 0 Å². The van der Waals surface area contributed by atoms with Crippen LogP contribution in [0.5, 0.6) is 0 Å². The number of aromatic nitrogens is 1. The fourth-order valence-corrected chi connectivity index (χ4v) is 1.39. The highest BCUT2D eigenvalue weighted by Crippen LogP contribution is 2.12. The van der Waals surface area contributed by atoms with Gasteiger partial charge in [0, 0.05) is 12.8 Å². The Bertz CT molecular complexity index is 399. The van der Waals surface area contributed by atoms with Gasteiger partial charge in [0.2, 0.25) is 0 Å². The lowest BCUT2D eigenvalue weighted by molar-refractivity contribution is 0.0635. The van der Waals surface area contributed by atoms with Gasteiger partial charge in [0.25, 0.3) is 0 Å². The topological polar surface area (TPSA) is 71.5 Å². The van der Waals surface area contributed by atoms with Crippen LogP contribution in [-0.2, 0) is 11.2 Å². The highest BCUT2D eigenvalue weighted by Gasteiger charge is 2.16. The lowest BCUT2D eigenvalue weighted by atomic mass is 10.1. The molecule has 5 heteroatoms. The van der Waals surface area contributed by atoms with Crippen molar-refractivity contribution in [2.75, 3.05) is 11.9 Å². The summed E-state index contributed by atoms with van der Waals surface area (Å²) in [6, 6.07) is 3.63. The summed E-state index contributed by atoms with van der Waals surface area (Å²) in [4.78, 5) is 15.6. The number of carbonyl (C=O) groups is 1. The summed E-state index contributed by atoms with van der Waals surface area (Å²) in [5.41, 5.74) is 0.489. The summed E-state index contributed by atoms with van der Waals surface area (Å²) in [7, 11) is 0. The Kier molecular flexibility index (Phi) is 5.09. The van der Waals surface area contributed by atoms with Gasteiger partial charge in [0.15, 0.2) is 0 Å². The number of hydrogen-bond donors (Lipinski definition) is 2. The quantitative estimate of drug-likeness (QED) is 0.862. The largest absolute Gasteiger partial charge is 0.444 e. The van der Waals surface area contributed by atoms with Gasteiger partial charge in [-0.3, -0.25) is 5.32 Å². The van der Waals surface area contributed by atoms with E-state index in [2.05, 4.69) is 10.3 Å².